The lowest BCUT2D eigenvalue weighted by molar-refractivity contribution is -0.157. The molecule has 1 N–H and O–H groups in total. The third-order valence-corrected chi connectivity index (χ3v) is 4.07. The fourth-order valence-corrected chi connectivity index (χ4v) is 2.51. The first-order valence-electron chi connectivity index (χ1n) is 8.84. The number of carbonyl (C=O) groups excluding carboxylic acids is 1. The van der Waals surface area contributed by atoms with Crippen LogP contribution in [0.4, 0.5) is 0 Å². The van der Waals surface area contributed by atoms with E-state index in [0.29, 0.717) is 5.52 Å². The lowest BCUT2D eigenvalue weighted by atomic mass is 9.98. The smallest absolute Gasteiger partial charge is 0.312 e. The predicted octanol–water partition coefficient (Wildman–Crippen LogP) is 3.23. The van der Waals surface area contributed by atoms with E-state index in [1.807, 2.05) is 30.3 Å². The Hall–Kier alpha value is -3.35. The van der Waals surface area contributed by atoms with Crippen molar-refractivity contribution in [1.29, 1.82) is 0 Å². The molecule has 3 rings (SSSR count). The van der Waals surface area contributed by atoms with Crippen molar-refractivity contribution in [2.75, 3.05) is 0 Å². The molecule has 1 aromatic heterocycles. The predicted molar refractivity (Wildman–Crippen MR) is 104 cm³/mol. The second kappa shape index (κ2) is 7.72. The van der Waals surface area contributed by atoms with Gasteiger partial charge >= 0.3 is 12.0 Å². The van der Waals surface area contributed by atoms with Gasteiger partial charge in [-0.1, -0.05) is 36.4 Å². The number of benzene rings is 2. The number of fused-ring (bicyclic) bond motifs is 1. The van der Waals surface area contributed by atoms with Gasteiger partial charge in [-0.25, -0.2) is 4.57 Å². The number of hydrogen-bond acceptors (Lipinski definition) is 6. The van der Waals surface area contributed by atoms with Gasteiger partial charge in [0.15, 0.2) is 6.73 Å². The number of carbonyl (C=O) groups is 1. The molecule has 28 heavy (non-hydrogen) atoms. The summed E-state index contributed by atoms with van der Waals surface area (Å²) in [6, 6.07) is 14.0. The monoisotopic (exact) mass is 382 g/mol. The topological polar surface area (TPSA) is 90.7 Å². The molecule has 0 atom stereocenters. The van der Waals surface area contributed by atoms with Crippen molar-refractivity contribution in [1.82, 2.24) is 9.55 Å². The highest BCUT2D eigenvalue weighted by Crippen LogP contribution is 2.22. The van der Waals surface area contributed by atoms with Crippen LogP contribution in [0.1, 0.15) is 26.3 Å². The fourth-order valence-electron chi connectivity index (χ4n) is 2.51. The third kappa shape index (κ3) is 4.14. The van der Waals surface area contributed by atoms with Crippen LogP contribution in [0.15, 0.2) is 53.3 Å². The SMILES string of the molecule is CC(C)(C)C(=O)OCn1c(OCc2ccccc2)nc2cccc(O)c2c1=O. The largest absolute Gasteiger partial charge is 0.507 e. The highest BCUT2D eigenvalue weighted by Gasteiger charge is 2.24. The van der Waals surface area contributed by atoms with Crippen molar-refractivity contribution in [2.45, 2.75) is 34.1 Å². The second-order valence-electron chi connectivity index (χ2n) is 7.38. The quantitative estimate of drug-likeness (QED) is 0.682. The van der Waals surface area contributed by atoms with Crippen LogP contribution in [0.5, 0.6) is 11.8 Å². The maximum Gasteiger partial charge on any atom is 0.312 e. The Morgan fingerprint density at radius 3 is 2.50 bits per heavy atom. The van der Waals surface area contributed by atoms with Crippen LogP contribution in [0.25, 0.3) is 10.9 Å². The molecule has 7 heteroatoms. The van der Waals surface area contributed by atoms with Gasteiger partial charge in [-0.05, 0) is 38.5 Å². The fraction of sp³-hybridized carbons (Fsp3) is 0.286. The van der Waals surface area contributed by atoms with Crippen molar-refractivity contribution < 1.29 is 19.4 Å². The van der Waals surface area contributed by atoms with Crippen molar-refractivity contribution in [3.63, 3.8) is 0 Å². The van der Waals surface area contributed by atoms with Crippen molar-refractivity contribution in [3.8, 4) is 11.8 Å². The Balaban J connectivity index is 1.99. The molecule has 146 valence electrons. The molecule has 0 aliphatic rings. The van der Waals surface area contributed by atoms with E-state index >= 15 is 0 Å². The van der Waals surface area contributed by atoms with Crippen LogP contribution < -0.4 is 10.3 Å². The summed E-state index contributed by atoms with van der Waals surface area (Å²) in [4.78, 5) is 29.4. The van der Waals surface area contributed by atoms with Gasteiger partial charge in [0.2, 0.25) is 0 Å². The molecule has 0 saturated carbocycles. The molecule has 7 nitrogen and oxygen atoms in total. The van der Waals surface area contributed by atoms with Gasteiger partial charge in [0.25, 0.3) is 5.56 Å². The number of aromatic hydroxyl groups is 1. The average Bonchev–Trinajstić information content (AvgIpc) is 2.65. The summed E-state index contributed by atoms with van der Waals surface area (Å²) in [5.41, 5.74) is -0.0773. The van der Waals surface area contributed by atoms with Crippen molar-refractivity contribution >= 4 is 16.9 Å². The zero-order valence-electron chi connectivity index (χ0n) is 16.0. The summed E-state index contributed by atoms with van der Waals surface area (Å²) >= 11 is 0. The second-order valence-corrected chi connectivity index (χ2v) is 7.38. The third-order valence-electron chi connectivity index (χ3n) is 4.07. The van der Waals surface area contributed by atoms with E-state index < -0.39 is 16.9 Å². The Morgan fingerprint density at radius 1 is 1.11 bits per heavy atom. The Kier molecular flexibility index (Phi) is 5.35. The number of ether oxygens (including phenoxy) is 2. The zero-order valence-corrected chi connectivity index (χ0v) is 16.0. The molecule has 0 radical (unpaired) electrons. The van der Waals surface area contributed by atoms with Crippen LogP contribution in [0.3, 0.4) is 0 Å². The standard InChI is InChI=1S/C21H22N2O5/c1-21(2,3)19(26)28-13-23-18(25)17-15(10-7-11-16(17)24)22-20(23)27-12-14-8-5-4-6-9-14/h4-11,24H,12-13H2,1-3H3. The Labute approximate surface area is 162 Å². The molecule has 0 aliphatic carbocycles. The number of phenols is 1. The van der Waals surface area contributed by atoms with Crippen LogP contribution in [0.2, 0.25) is 0 Å². The van der Waals surface area contributed by atoms with E-state index in [1.165, 1.54) is 6.07 Å². The highest BCUT2D eigenvalue weighted by molar-refractivity contribution is 5.84. The first kappa shape index (κ1) is 19.4. The maximum atomic E-state index is 12.9. The summed E-state index contributed by atoms with van der Waals surface area (Å²) < 4.78 is 12.1. The van der Waals surface area contributed by atoms with Crippen LogP contribution in [-0.2, 0) is 22.9 Å². The number of nitrogens with zero attached hydrogens (tertiary/aromatic N) is 2. The Morgan fingerprint density at radius 2 is 1.82 bits per heavy atom. The van der Waals surface area contributed by atoms with Gasteiger partial charge in [0.05, 0.1) is 10.9 Å². The molecule has 3 aromatic rings. The minimum atomic E-state index is -0.721. The molecule has 2 aromatic carbocycles. The van der Waals surface area contributed by atoms with Gasteiger partial charge in [0.1, 0.15) is 17.7 Å². The van der Waals surface area contributed by atoms with E-state index in [4.69, 9.17) is 9.47 Å². The summed E-state index contributed by atoms with van der Waals surface area (Å²) in [7, 11) is 0. The number of rotatable bonds is 5. The highest BCUT2D eigenvalue weighted by atomic mass is 16.6. The molecule has 0 fully saturated rings. The van der Waals surface area contributed by atoms with Gasteiger partial charge in [0, 0.05) is 0 Å². The molecule has 0 amide bonds. The molecular weight excluding hydrogens is 360 g/mol. The minimum Gasteiger partial charge on any atom is -0.507 e. The van der Waals surface area contributed by atoms with Gasteiger partial charge in [-0.15, -0.1) is 0 Å². The van der Waals surface area contributed by atoms with Gasteiger partial charge < -0.3 is 14.6 Å². The average molecular weight is 382 g/mol. The van der Waals surface area contributed by atoms with E-state index in [0.717, 1.165) is 10.1 Å². The number of esters is 1. The van der Waals surface area contributed by atoms with E-state index in [1.54, 1.807) is 32.9 Å². The zero-order chi connectivity index (χ0) is 20.3. The van der Waals surface area contributed by atoms with Crippen molar-refractivity contribution in [2.24, 2.45) is 5.41 Å². The van der Waals surface area contributed by atoms with Crippen LogP contribution in [-0.4, -0.2) is 20.6 Å². The Bertz CT molecular complexity index is 1050. The van der Waals surface area contributed by atoms with Gasteiger partial charge in [-0.2, -0.15) is 4.98 Å². The summed E-state index contributed by atoms with van der Waals surface area (Å²) in [5.74, 6) is -0.661. The van der Waals surface area contributed by atoms with Crippen LogP contribution >= 0.6 is 0 Å². The van der Waals surface area contributed by atoms with Crippen molar-refractivity contribution in [3.05, 3.63) is 64.4 Å². The molecule has 0 unspecified atom stereocenters. The molecular formula is C21H22N2O5. The van der Waals surface area contributed by atoms with Crippen LogP contribution in [0, 0.1) is 5.41 Å². The molecule has 0 bridgehead atoms. The first-order valence-corrected chi connectivity index (χ1v) is 8.84. The minimum absolute atomic E-state index is 0.00802. The van der Waals surface area contributed by atoms with Gasteiger partial charge in [-0.3, -0.25) is 9.59 Å². The lowest BCUT2D eigenvalue weighted by Crippen LogP contribution is -2.29. The molecule has 0 saturated heterocycles. The molecule has 0 aliphatic heterocycles. The summed E-state index contributed by atoms with van der Waals surface area (Å²) in [5, 5.41) is 10.1. The number of phenolic OH excluding ortho intramolecular Hbond substituents is 1. The number of hydrogen-bond donors (Lipinski definition) is 1. The van der Waals surface area contributed by atoms with E-state index in [2.05, 4.69) is 4.98 Å². The number of aromatic nitrogens is 2. The molecule has 1 heterocycles. The van der Waals surface area contributed by atoms with E-state index in [-0.39, 0.29) is 30.5 Å². The summed E-state index contributed by atoms with van der Waals surface area (Å²) in [6.07, 6.45) is 0. The normalized spacial score (nSPS) is 11.4. The maximum absolute atomic E-state index is 12.9. The lowest BCUT2D eigenvalue weighted by Gasteiger charge is -2.19. The summed E-state index contributed by atoms with van der Waals surface area (Å²) in [6.45, 7) is 4.97. The molecule has 0 spiro atoms. The first-order chi connectivity index (χ1) is 13.3. The van der Waals surface area contributed by atoms with E-state index in [9.17, 15) is 14.7 Å².